The summed E-state index contributed by atoms with van der Waals surface area (Å²) in [4.78, 5) is 36.7. The molecule has 1 saturated heterocycles. The lowest BCUT2D eigenvalue weighted by Crippen LogP contribution is -2.51. The predicted molar refractivity (Wildman–Crippen MR) is 86.2 cm³/mol. The highest BCUT2D eigenvalue weighted by atomic mass is 16.4. The van der Waals surface area contributed by atoms with Crippen LogP contribution >= 0.6 is 0 Å². The van der Waals surface area contributed by atoms with Crippen LogP contribution in [0.25, 0.3) is 0 Å². The second kappa shape index (κ2) is 7.77. The Bertz CT molecular complexity index is 727. The topological polar surface area (TPSA) is 131 Å². The summed E-state index contributed by atoms with van der Waals surface area (Å²) in [5.41, 5.74) is 0.845. The van der Waals surface area contributed by atoms with Gasteiger partial charge in [-0.3, -0.25) is 9.59 Å². The van der Waals surface area contributed by atoms with Crippen molar-refractivity contribution in [3.63, 3.8) is 0 Å². The van der Waals surface area contributed by atoms with Crippen molar-refractivity contribution >= 4 is 17.8 Å². The minimum atomic E-state index is -1.24. The summed E-state index contributed by atoms with van der Waals surface area (Å²) in [5, 5.41) is 30.6. The van der Waals surface area contributed by atoms with E-state index >= 15 is 0 Å². The molecule has 0 bridgehead atoms. The van der Waals surface area contributed by atoms with Gasteiger partial charge in [0, 0.05) is 26.3 Å². The Morgan fingerprint density at radius 2 is 2.08 bits per heavy atom. The third-order valence-corrected chi connectivity index (χ3v) is 4.16. The van der Waals surface area contributed by atoms with Crippen LogP contribution in [0.15, 0.2) is 24.3 Å². The normalized spacial score (nSPS) is 20.6. The third-order valence-electron chi connectivity index (χ3n) is 4.16. The van der Waals surface area contributed by atoms with Crippen LogP contribution in [0.3, 0.4) is 0 Å². The molecular formula is C17H19N3O5. The number of nitrogens with one attached hydrogen (secondary N) is 1. The Morgan fingerprint density at radius 3 is 2.68 bits per heavy atom. The maximum atomic E-state index is 12.4. The minimum Gasteiger partial charge on any atom is -0.480 e. The van der Waals surface area contributed by atoms with Crippen molar-refractivity contribution in [3.05, 3.63) is 35.4 Å². The van der Waals surface area contributed by atoms with Gasteiger partial charge in [-0.25, -0.2) is 4.79 Å². The van der Waals surface area contributed by atoms with Gasteiger partial charge in [0.2, 0.25) is 11.8 Å². The molecule has 0 aliphatic carbocycles. The quantitative estimate of drug-likeness (QED) is 0.669. The number of rotatable bonds is 5. The monoisotopic (exact) mass is 345 g/mol. The molecule has 1 aliphatic rings. The second-order valence-corrected chi connectivity index (χ2v) is 5.95. The van der Waals surface area contributed by atoms with Crippen LogP contribution in [0.4, 0.5) is 0 Å². The van der Waals surface area contributed by atoms with Gasteiger partial charge in [-0.1, -0.05) is 18.2 Å². The first kappa shape index (κ1) is 18.4. The van der Waals surface area contributed by atoms with Gasteiger partial charge in [-0.15, -0.1) is 0 Å². The van der Waals surface area contributed by atoms with E-state index in [9.17, 15) is 24.6 Å². The van der Waals surface area contributed by atoms with Gasteiger partial charge in [-0.05, 0) is 11.6 Å². The number of likely N-dealkylation sites (tertiary alicyclic amines) is 1. The molecule has 0 unspecified atom stereocenters. The van der Waals surface area contributed by atoms with Gasteiger partial charge < -0.3 is 20.4 Å². The number of nitrogens with zero attached hydrogens (tertiary/aromatic N) is 2. The van der Waals surface area contributed by atoms with Crippen molar-refractivity contribution in [1.29, 1.82) is 5.26 Å². The number of aliphatic hydroxyl groups excluding tert-OH is 1. The molecule has 2 amide bonds. The highest BCUT2D eigenvalue weighted by Crippen LogP contribution is 2.19. The number of aliphatic carboxylic acids is 1. The lowest BCUT2D eigenvalue weighted by atomic mass is 10.0. The number of carbonyl (C=O) groups is 3. The molecule has 0 saturated carbocycles. The van der Waals surface area contributed by atoms with Crippen LogP contribution < -0.4 is 5.32 Å². The number of benzene rings is 1. The number of aliphatic hydroxyl groups is 1. The number of hydrogen-bond acceptors (Lipinski definition) is 5. The molecule has 1 aromatic carbocycles. The molecule has 3 N–H and O–H groups in total. The molecule has 132 valence electrons. The number of carboxylic acids is 1. The molecule has 1 aromatic rings. The van der Waals surface area contributed by atoms with Gasteiger partial charge in [0.15, 0.2) is 0 Å². The second-order valence-electron chi connectivity index (χ2n) is 5.95. The standard InChI is InChI=1S/C17H19N3O5/c1-10(21)20-9-13(22)7-15(20)16(23)19-14(17(24)25)6-11-4-2-3-5-12(11)8-18/h2-5,13-15,22H,6-7,9H2,1H3,(H,19,23)(H,24,25)/t13-,14+,15+/m1/s1. The van der Waals surface area contributed by atoms with Crippen LogP contribution in [-0.4, -0.2) is 57.6 Å². The fraction of sp³-hybridized carbons (Fsp3) is 0.412. The Hall–Kier alpha value is -2.92. The molecule has 1 heterocycles. The van der Waals surface area contributed by atoms with E-state index in [-0.39, 0.29) is 25.3 Å². The molecule has 1 aliphatic heterocycles. The van der Waals surface area contributed by atoms with Crippen molar-refractivity contribution in [3.8, 4) is 6.07 Å². The van der Waals surface area contributed by atoms with Gasteiger partial charge in [0.05, 0.1) is 17.7 Å². The lowest BCUT2D eigenvalue weighted by Gasteiger charge is -2.24. The zero-order chi connectivity index (χ0) is 18.6. The number of β-amino-alcohol motifs (C(OH)–C–C–N with tert-alkyl or cyclic N) is 1. The van der Waals surface area contributed by atoms with Crippen LogP contribution in [0.1, 0.15) is 24.5 Å². The average Bonchev–Trinajstić information content (AvgIpc) is 2.97. The summed E-state index contributed by atoms with van der Waals surface area (Å²) in [5.74, 6) is -2.24. The highest BCUT2D eigenvalue weighted by Gasteiger charge is 2.38. The van der Waals surface area contributed by atoms with E-state index in [1.54, 1.807) is 24.3 Å². The van der Waals surface area contributed by atoms with E-state index in [0.29, 0.717) is 11.1 Å². The maximum absolute atomic E-state index is 12.4. The zero-order valence-corrected chi connectivity index (χ0v) is 13.7. The van der Waals surface area contributed by atoms with Gasteiger partial charge in [0.1, 0.15) is 12.1 Å². The first-order valence-electron chi connectivity index (χ1n) is 7.80. The Morgan fingerprint density at radius 1 is 1.40 bits per heavy atom. The fourth-order valence-electron chi connectivity index (χ4n) is 2.91. The fourth-order valence-corrected chi connectivity index (χ4v) is 2.91. The summed E-state index contributed by atoms with van der Waals surface area (Å²) in [6.07, 6.45) is -0.811. The van der Waals surface area contributed by atoms with Gasteiger partial charge >= 0.3 is 5.97 Å². The van der Waals surface area contributed by atoms with Crippen molar-refractivity contribution in [2.24, 2.45) is 0 Å². The lowest BCUT2D eigenvalue weighted by molar-refractivity contribution is -0.143. The zero-order valence-electron chi connectivity index (χ0n) is 13.7. The average molecular weight is 345 g/mol. The first-order chi connectivity index (χ1) is 11.8. The Labute approximate surface area is 144 Å². The third kappa shape index (κ3) is 4.33. The maximum Gasteiger partial charge on any atom is 0.326 e. The number of carboxylic acid groups (broad SMARTS) is 1. The van der Waals surface area contributed by atoms with Crippen molar-refractivity contribution in [1.82, 2.24) is 10.2 Å². The predicted octanol–water partition coefficient (Wildman–Crippen LogP) is -0.348. The smallest absolute Gasteiger partial charge is 0.326 e. The van der Waals surface area contributed by atoms with E-state index in [1.807, 2.05) is 6.07 Å². The minimum absolute atomic E-state index is 0.0441. The number of hydrogen-bond donors (Lipinski definition) is 3. The van der Waals surface area contributed by atoms with E-state index < -0.39 is 30.1 Å². The van der Waals surface area contributed by atoms with E-state index in [4.69, 9.17) is 5.26 Å². The van der Waals surface area contributed by atoms with Crippen LogP contribution in [0.2, 0.25) is 0 Å². The molecule has 1 fully saturated rings. The van der Waals surface area contributed by atoms with Crippen LogP contribution in [0.5, 0.6) is 0 Å². The summed E-state index contributed by atoms with van der Waals surface area (Å²) < 4.78 is 0. The molecule has 2 rings (SSSR count). The summed E-state index contributed by atoms with van der Waals surface area (Å²) in [7, 11) is 0. The van der Waals surface area contributed by atoms with Crippen molar-refractivity contribution in [2.75, 3.05) is 6.54 Å². The van der Waals surface area contributed by atoms with Gasteiger partial charge in [-0.2, -0.15) is 5.26 Å². The first-order valence-corrected chi connectivity index (χ1v) is 7.80. The van der Waals surface area contributed by atoms with Crippen molar-refractivity contribution in [2.45, 2.75) is 38.0 Å². The molecule has 0 spiro atoms. The molecule has 8 heteroatoms. The van der Waals surface area contributed by atoms with E-state index in [1.165, 1.54) is 11.8 Å². The molecule has 3 atom stereocenters. The van der Waals surface area contributed by atoms with Crippen LogP contribution in [-0.2, 0) is 20.8 Å². The van der Waals surface area contributed by atoms with Crippen LogP contribution in [0, 0.1) is 11.3 Å². The summed E-state index contributed by atoms with van der Waals surface area (Å²) in [6, 6.07) is 6.39. The SMILES string of the molecule is CC(=O)N1C[C@H](O)C[C@H]1C(=O)N[C@@H](Cc1ccccc1C#N)C(=O)O. The van der Waals surface area contributed by atoms with Gasteiger partial charge in [0.25, 0.3) is 0 Å². The van der Waals surface area contributed by atoms with E-state index in [0.717, 1.165) is 0 Å². The molecule has 8 nitrogen and oxygen atoms in total. The summed E-state index contributed by atoms with van der Waals surface area (Å²) >= 11 is 0. The number of amides is 2. The highest BCUT2D eigenvalue weighted by molar-refractivity contribution is 5.90. The largest absolute Gasteiger partial charge is 0.480 e. The molecule has 0 aromatic heterocycles. The summed E-state index contributed by atoms with van der Waals surface area (Å²) in [6.45, 7) is 1.33. The van der Waals surface area contributed by atoms with E-state index in [2.05, 4.69) is 5.32 Å². The molecule has 0 radical (unpaired) electrons. The Balaban J connectivity index is 2.14. The van der Waals surface area contributed by atoms with Crippen molar-refractivity contribution < 1.29 is 24.6 Å². The molecule has 25 heavy (non-hydrogen) atoms. The number of carbonyl (C=O) groups excluding carboxylic acids is 2. The molecular weight excluding hydrogens is 326 g/mol. The Kier molecular flexibility index (Phi) is 5.72. The number of nitriles is 1.